The summed E-state index contributed by atoms with van der Waals surface area (Å²) in [7, 11) is 3.52. The van der Waals surface area contributed by atoms with E-state index in [1.807, 2.05) is 0 Å². The number of carboxylic acid groups (broad SMARTS) is 2. The minimum Gasteiger partial charge on any atom is -0.479 e. The summed E-state index contributed by atoms with van der Waals surface area (Å²) in [6, 6.07) is 3.18. The molecule has 2 heterocycles. The number of ether oxygens (including phenoxy) is 2. The molecule has 1 fully saturated rings. The highest BCUT2D eigenvalue weighted by molar-refractivity contribution is 6.02. The Balaban J connectivity index is 2.24. The highest BCUT2D eigenvalue weighted by atomic mass is 16.7. The van der Waals surface area contributed by atoms with Crippen LogP contribution in [0.3, 0.4) is 0 Å². The van der Waals surface area contributed by atoms with Crippen molar-refractivity contribution in [2.24, 2.45) is 0 Å². The van der Waals surface area contributed by atoms with Gasteiger partial charge in [0.15, 0.2) is 12.2 Å². The summed E-state index contributed by atoms with van der Waals surface area (Å²) in [5, 5.41) is 19.0. The number of anilines is 1. The SMILES string of the molecule is CN(C)c1ccc(CC(OC2CCCCO2)(C(=O)O)C(=O)O)o1. The standard InChI is InChI=1S/C15H21NO7/c1-16(2)11-7-6-10(22-11)9-15(13(17)18,14(19)20)23-12-5-3-4-8-21-12/h6-7,12H,3-5,8-9H2,1-2H3,(H,17,18)(H,19,20). The molecule has 1 atom stereocenters. The van der Waals surface area contributed by atoms with Crippen LogP contribution in [0.4, 0.5) is 5.88 Å². The number of aliphatic carboxylic acids is 2. The number of rotatable bonds is 7. The van der Waals surface area contributed by atoms with Crippen LogP contribution in [0.5, 0.6) is 0 Å². The van der Waals surface area contributed by atoms with Gasteiger partial charge < -0.3 is 29.0 Å². The van der Waals surface area contributed by atoms with E-state index in [1.54, 1.807) is 31.1 Å². The van der Waals surface area contributed by atoms with Crippen LogP contribution in [0.2, 0.25) is 0 Å². The summed E-state index contributed by atoms with van der Waals surface area (Å²) in [5.41, 5.74) is -2.44. The van der Waals surface area contributed by atoms with Crippen molar-refractivity contribution >= 4 is 17.8 Å². The monoisotopic (exact) mass is 327 g/mol. The highest BCUT2D eigenvalue weighted by Gasteiger charge is 2.51. The molecule has 2 N–H and O–H groups in total. The molecule has 0 aromatic carbocycles. The Morgan fingerprint density at radius 3 is 2.48 bits per heavy atom. The largest absolute Gasteiger partial charge is 0.479 e. The summed E-state index contributed by atoms with van der Waals surface area (Å²) in [6.45, 7) is 0.422. The maximum Gasteiger partial charge on any atom is 0.348 e. The average Bonchev–Trinajstić information content (AvgIpc) is 2.95. The van der Waals surface area contributed by atoms with Gasteiger partial charge in [-0.3, -0.25) is 0 Å². The summed E-state index contributed by atoms with van der Waals surface area (Å²) in [5.74, 6) is -2.45. The maximum atomic E-state index is 11.7. The van der Waals surface area contributed by atoms with Gasteiger partial charge in [0.25, 0.3) is 5.60 Å². The van der Waals surface area contributed by atoms with Gasteiger partial charge in [-0.15, -0.1) is 0 Å². The van der Waals surface area contributed by atoms with E-state index in [0.717, 1.165) is 12.8 Å². The van der Waals surface area contributed by atoms with E-state index >= 15 is 0 Å². The van der Waals surface area contributed by atoms with Gasteiger partial charge in [0.05, 0.1) is 6.42 Å². The highest BCUT2D eigenvalue weighted by Crippen LogP contribution is 2.28. The first-order valence-corrected chi connectivity index (χ1v) is 7.37. The van der Waals surface area contributed by atoms with E-state index in [9.17, 15) is 19.8 Å². The second-order valence-electron chi connectivity index (χ2n) is 5.66. The Hall–Kier alpha value is -2.06. The van der Waals surface area contributed by atoms with Crippen molar-refractivity contribution in [3.63, 3.8) is 0 Å². The van der Waals surface area contributed by atoms with Gasteiger partial charge in [0.1, 0.15) is 5.76 Å². The van der Waals surface area contributed by atoms with Gasteiger partial charge in [-0.05, 0) is 25.3 Å². The quantitative estimate of drug-likeness (QED) is 0.722. The van der Waals surface area contributed by atoms with Gasteiger partial charge in [0, 0.05) is 26.8 Å². The number of furan rings is 1. The first kappa shape index (κ1) is 17.3. The van der Waals surface area contributed by atoms with Gasteiger partial charge in [-0.25, -0.2) is 9.59 Å². The third kappa shape index (κ3) is 3.83. The second-order valence-corrected chi connectivity index (χ2v) is 5.66. The molecule has 23 heavy (non-hydrogen) atoms. The number of nitrogens with zero attached hydrogens (tertiary/aromatic N) is 1. The maximum absolute atomic E-state index is 11.7. The van der Waals surface area contributed by atoms with Crippen LogP contribution in [0.15, 0.2) is 16.5 Å². The van der Waals surface area contributed by atoms with Crippen LogP contribution < -0.4 is 4.90 Å². The third-order valence-corrected chi connectivity index (χ3v) is 3.67. The summed E-state index contributed by atoms with van der Waals surface area (Å²) in [6.07, 6.45) is 0.830. The molecule has 0 bridgehead atoms. The molecule has 0 amide bonds. The van der Waals surface area contributed by atoms with Gasteiger partial charge in [-0.2, -0.15) is 0 Å². The van der Waals surface area contributed by atoms with Crippen LogP contribution in [-0.2, 0) is 25.5 Å². The van der Waals surface area contributed by atoms with Crippen LogP contribution >= 0.6 is 0 Å². The first-order valence-electron chi connectivity index (χ1n) is 7.37. The molecule has 1 aliphatic heterocycles. The molecule has 1 saturated heterocycles. The predicted octanol–water partition coefficient (Wildman–Crippen LogP) is 1.34. The fourth-order valence-corrected chi connectivity index (χ4v) is 2.36. The van der Waals surface area contributed by atoms with Crippen molar-refractivity contribution in [3.05, 3.63) is 17.9 Å². The zero-order valence-electron chi connectivity index (χ0n) is 13.2. The summed E-state index contributed by atoms with van der Waals surface area (Å²) < 4.78 is 16.2. The predicted molar refractivity (Wildman–Crippen MR) is 79.4 cm³/mol. The molecule has 8 heteroatoms. The zero-order valence-corrected chi connectivity index (χ0v) is 13.2. The van der Waals surface area contributed by atoms with Crippen LogP contribution in [0, 0.1) is 0 Å². The Bertz CT molecular complexity index is 546. The molecule has 1 aliphatic rings. The molecule has 0 aliphatic carbocycles. The van der Waals surface area contributed by atoms with Crippen molar-refractivity contribution in [2.45, 2.75) is 37.6 Å². The summed E-state index contributed by atoms with van der Waals surface area (Å²) >= 11 is 0. The lowest BCUT2D eigenvalue weighted by Gasteiger charge is -2.31. The summed E-state index contributed by atoms with van der Waals surface area (Å²) in [4.78, 5) is 25.0. The molecule has 0 saturated carbocycles. The molecule has 2 rings (SSSR count). The second kappa shape index (κ2) is 7.01. The van der Waals surface area contributed by atoms with Crippen molar-refractivity contribution in [1.82, 2.24) is 0 Å². The van der Waals surface area contributed by atoms with Crippen LogP contribution in [0.1, 0.15) is 25.0 Å². The normalized spacial score (nSPS) is 18.6. The minimum atomic E-state index is -2.44. The van der Waals surface area contributed by atoms with Gasteiger partial charge in [-0.1, -0.05) is 0 Å². The fourth-order valence-electron chi connectivity index (χ4n) is 2.36. The van der Waals surface area contributed by atoms with Crippen molar-refractivity contribution in [1.29, 1.82) is 0 Å². The molecule has 1 aromatic rings. The Kier molecular flexibility index (Phi) is 5.27. The molecule has 0 radical (unpaired) electrons. The van der Waals surface area contributed by atoms with Crippen LogP contribution in [0.25, 0.3) is 0 Å². The van der Waals surface area contributed by atoms with E-state index in [2.05, 4.69) is 0 Å². The first-order chi connectivity index (χ1) is 10.8. The van der Waals surface area contributed by atoms with E-state index in [0.29, 0.717) is 18.9 Å². The molecule has 8 nitrogen and oxygen atoms in total. The number of hydrogen-bond acceptors (Lipinski definition) is 6. The van der Waals surface area contributed by atoms with E-state index < -0.39 is 30.3 Å². The lowest BCUT2D eigenvalue weighted by Crippen LogP contribution is -2.53. The Morgan fingerprint density at radius 1 is 1.30 bits per heavy atom. The van der Waals surface area contributed by atoms with Crippen molar-refractivity contribution in [3.8, 4) is 0 Å². The lowest BCUT2D eigenvalue weighted by atomic mass is 9.97. The molecular weight excluding hydrogens is 306 g/mol. The zero-order chi connectivity index (χ0) is 17.0. The molecular formula is C15H21NO7. The number of hydrogen-bond donors (Lipinski definition) is 2. The van der Waals surface area contributed by atoms with E-state index in [4.69, 9.17) is 13.9 Å². The number of carboxylic acids is 2. The molecule has 0 spiro atoms. The Labute approximate surface area is 133 Å². The lowest BCUT2D eigenvalue weighted by molar-refractivity contribution is -0.236. The van der Waals surface area contributed by atoms with Gasteiger partial charge in [0.2, 0.25) is 0 Å². The van der Waals surface area contributed by atoms with E-state index in [-0.39, 0.29) is 5.76 Å². The van der Waals surface area contributed by atoms with Crippen LogP contribution in [-0.4, -0.2) is 54.7 Å². The number of carbonyl (C=O) groups is 2. The minimum absolute atomic E-state index is 0.217. The smallest absolute Gasteiger partial charge is 0.348 e. The van der Waals surface area contributed by atoms with Crippen molar-refractivity contribution in [2.75, 3.05) is 25.6 Å². The molecule has 1 aromatic heterocycles. The van der Waals surface area contributed by atoms with E-state index in [1.165, 1.54) is 0 Å². The molecule has 128 valence electrons. The topological polar surface area (TPSA) is 109 Å². The molecule has 1 unspecified atom stereocenters. The third-order valence-electron chi connectivity index (χ3n) is 3.67. The van der Waals surface area contributed by atoms with Gasteiger partial charge >= 0.3 is 11.9 Å². The Morgan fingerprint density at radius 2 is 2.00 bits per heavy atom. The fraction of sp³-hybridized carbons (Fsp3) is 0.600. The average molecular weight is 327 g/mol. The van der Waals surface area contributed by atoms with Crippen molar-refractivity contribution < 1.29 is 33.7 Å².